The maximum absolute atomic E-state index is 5.19. The molecule has 0 aliphatic rings. The van der Waals surface area contributed by atoms with E-state index in [4.69, 9.17) is 15.0 Å². The lowest BCUT2D eigenvalue weighted by atomic mass is 10.0. The first-order valence-electron chi connectivity index (χ1n) is 16.8. The third-order valence-corrected chi connectivity index (χ3v) is 9.61. The molecule has 0 amide bonds. The lowest BCUT2D eigenvalue weighted by Gasteiger charge is -2.15. The van der Waals surface area contributed by atoms with Gasteiger partial charge in [0.15, 0.2) is 17.5 Å². The fourth-order valence-corrected chi connectivity index (χ4v) is 7.28. The van der Waals surface area contributed by atoms with E-state index in [1.807, 2.05) is 36.4 Å². The quantitative estimate of drug-likeness (QED) is 0.204. The van der Waals surface area contributed by atoms with Crippen molar-refractivity contribution in [2.75, 3.05) is 0 Å². The summed E-state index contributed by atoms with van der Waals surface area (Å²) in [5.74, 6) is 1.88. The summed E-state index contributed by atoms with van der Waals surface area (Å²) in [5, 5.41) is 4.79. The van der Waals surface area contributed by atoms with Crippen molar-refractivity contribution in [1.29, 1.82) is 0 Å². The van der Waals surface area contributed by atoms with Crippen LogP contribution in [0.2, 0.25) is 0 Å². The van der Waals surface area contributed by atoms with Gasteiger partial charge < -0.3 is 9.55 Å². The minimum absolute atomic E-state index is 0.619. The van der Waals surface area contributed by atoms with Crippen molar-refractivity contribution < 1.29 is 0 Å². The van der Waals surface area contributed by atoms with Gasteiger partial charge in [0.25, 0.3) is 0 Å². The third-order valence-electron chi connectivity index (χ3n) is 9.61. The molecule has 1 N–H and O–H groups in total. The second-order valence-electron chi connectivity index (χ2n) is 12.5. The minimum Gasteiger partial charge on any atom is -0.354 e. The van der Waals surface area contributed by atoms with E-state index in [1.165, 1.54) is 27.1 Å². The largest absolute Gasteiger partial charge is 0.354 e. The number of nitrogens with zero attached hydrogens (tertiary/aromatic N) is 4. The van der Waals surface area contributed by atoms with E-state index in [0.717, 1.165) is 50.0 Å². The first kappa shape index (κ1) is 28.2. The van der Waals surface area contributed by atoms with Crippen molar-refractivity contribution in [1.82, 2.24) is 24.5 Å². The highest BCUT2D eigenvalue weighted by Crippen LogP contribution is 2.41. The van der Waals surface area contributed by atoms with Crippen LogP contribution in [-0.4, -0.2) is 24.5 Å². The Morgan fingerprint density at radius 2 is 0.940 bits per heavy atom. The van der Waals surface area contributed by atoms with Crippen LogP contribution in [0.5, 0.6) is 0 Å². The average Bonchev–Trinajstić information content (AvgIpc) is 3.74. The Balaban J connectivity index is 1.23. The molecule has 0 radical (unpaired) electrons. The number of nitrogens with one attached hydrogen (secondary N) is 1. The van der Waals surface area contributed by atoms with E-state index >= 15 is 0 Å². The lowest BCUT2D eigenvalue weighted by molar-refractivity contribution is 1.06. The predicted molar refractivity (Wildman–Crippen MR) is 205 cm³/mol. The van der Waals surface area contributed by atoms with Crippen LogP contribution in [0, 0.1) is 0 Å². The van der Waals surface area contributed by atoms with Crippen LogP contribution in [0.1, 0.15) is 0 Å². The molecule has 234 valence electrons. The van der Waals surface area contributed by atoms with Gasteiger partial charge in [-0.2, -0.15) is 0 Å². The molecule has 3 aromatic heterocycles. The van der Waals surface area contributed by atoms with Crippen LogP contribution < -0.4 is 0 Å². The zero-order chi connectivity index (χ0) is 33.0. The standard InChI is InChI=1S/C45H29N5/c1-3-13-29(14-4-1)30-23-25-32(26-24-30)44-47-43(31-15-5-2-6-16-31)48-45(49-44)36-19-9-12-22-40(36)50-39-21-11-8-17-33(39)34-27-28-38-41(42(34)50)35-18-7-10-20-37(35)46-38/h1-28,46H. The van der Waals surface area contributed by atoms with Crippen LogP contribution in [-0.2, 0) is 0 Å². The van der Waals surface area contributed by atoms with Gasteiger partial charge in [0.05, 0.1) is 16.7 Å². The summed E-state index contributed by atoms with van der Waals surface area (Å²) in [4.78, 5) is 19.0. The molecule has 0 unspecified atom stereocenters. The number of hydrogen-bond acceptors (Lipinski definition) is 3. The molecule has 10 rings (SSSR count). The molecule has 3 heterocycles. The highest BCUT2D eigenvalue weighted by Gasteiger charge is 2.21. The van der Waals surface area contributed by atoms with E-state index in [2.05, 4.69) is 143 Å². The average molecular weight is 640 g/mol. The Labute approximate surface area is 288 Å². The summed E-state index contributed by atoms with van der Waals surface area (Å²) in [6.45, 7) is 0. The van der Waals surface area contributed by atoms with Gasteiger partial charge in [-0.05, 0) is 41.5 Å². The molecule has 0 saturated heterocycles. The zero-order valence-corrected chi connectivity index (χ0v) is 27.0. The number of aromatic amines is 1. The normalized spacial score (nSPS) is 11.6. The first-order valence-corrected chi connectivity index (χ1v) is 16.8. The Kier molecular flexibility index (Phi) is 6.42. The monoisotopic (exact) mass is 639 g/mol. The molecule has 7 aromatic carbocycles. The van der Waals surface area contributed by atoms with Gasteiger partial charge in [0.1, 0.15) is 0 Å². The van der Waals surface area contributed by atoms with Gasteiger partial charge in [-0.15, -0.1) is 0 Å². The van der Waals surface area contributed by atoms with E-state index in [9.17, 15) is 0 Å². The highest BCUT2D eigenvalue weighted by atomic mass is 15.1. The molecule has 5 nitrogen and oxygen atoms in total. The van der Waals surface area contributed by atoms with E-state index < -0.39 is 0 Å². The van der Waals surface area contributed by atoms with Crippen molar-refractivity contribution in [2.24, 2.45) is 0 Å². The molecule has 50 heavy (non-hydrogen) atoms. The molecule has 0 aliphatic carbocycles. The smallest absolute Gasteiger partial charge is 0.166 e. The summed E-state index contributed by atoms with van der Waals surface area (Å²) in [6.07, 6.45) is 0. The molecule has 0 spiro atoms. The number of aromatic nitrogens is 5. The molecule has 0 atom stereocenters. The number of H-pyrrole nitrogens is 1. The molecule has 0 fully saturated rings. The number of fused-ring (bicyclic) bond motifs is 7. The van der Waals surface area contributed by atoms with Crippen molar-refractivity contribution in [2.45, 2.75) is 0 Å². The van der Waals surface area contributed by atoms with E-state index in [-0.39, 0.29) is 0 Å². The fraction of sp³-hybridized carbons (Fsp3) is 0. The molecule has 5 heteroatoms. The van der Waals surface area contributed by atoms with Crippen molar-refractivity contribution in [3.05, 3.63) is 170 Å². The maximum atomic E-state index is 5.19. The highest BCUT2D eigenvalue weighted by molar-refractivity contribution is 6.25. The van der Waals surface area contributed by atoms with Crippen LogP contribution in [0.4, 0.5) is 0 Å². The summed E-state index contributed by atoms with van der Waals surface area (Å²) in [6, 6.07) is 59.1. The molecular weight excluding hydrogens is 611 g/mol. The van der Waals surface area contributed by atoms with Gasteiger partial charge in [-0.3, -0.25) is 0 Å². The van der Waals surface area contributed by atoms with Crippen molar-refractivity contribution in [3.63, 3.8) is 0 Å². The van der Waals surface area contributed by atoms with Crippen LogP contribution in [0.15, 0.2) is 170 Å². The second kappa shape index (κ2) is 11.4. The Morgan fingerprint density at radius 1 is 0.380 bits per heavy atom. The first-order chi connectivity index (χ1) is 24.8. The SMILES string of the molecule is c1ccc(-c2ccc(-c3nc(-c4ccccc4)nc(-c4ccccc4-n4c5ccccc5c5ccc6[nH]c7ccccc7c6c54)n3)cc2)cc1. The molecule has 0 bridgehead atoms. The van der Waals surface area contributed by atoms with Crippen LogP contribution in [0.3, 0.4) is 0 Å². The van der Waals surface area contributed by atoms with Crippen molar-refractivity contribution in [3.8, 4) is 51.0 Å². The van der Waals surface area contributed by atoms with Gasteiger partial charge in [-0.1, -0.05) is 140 Å². The van der Waals surface area contributed by atoms with Gasteiger partial charge in [0, 0.05) is 49.3 Å². The van der Waals surface area contributed by atoms with E-state index in [1.54, 1.807) is 0 Å². The summed E-state index contributed by atoms with van der Waals surface area (Å²) in [7, 11) is 0. The third kappa shape index (κ3) is 4.52. The summed E-state index contributed by atoms with van der Waals surface area (Å²) in [5.41, 5.74) is 10.6. The second-order valence-corrected chi connectivity index (χ2v) is 12.5. The number of hydrogen-bond donors (Lipinski definition) is 1. The number of benzene rings is 7. The Bertz CT molecular complexity index is 2850. The van der Waals surface area contributed by atoms with Gasteiger partial charge in [-0.25, -0.2) is 15.0 Å². The lowest BCUT2D eigenvalue weighted by Crippen LogP contribution is -2.03. The topological polar surface area (TPSA) is 59.4 Å². The van der Waals surface area contributed by atoms with Crippen molar-refractivity contribution >= 4 is 43.6 Å². The minimum atomic E-state index is 0.619. The Hall–Kier alpha value is -6.85. The van der Waals surface area contributed by atoms with Gasteiger partial charge in [0.2, 0.25) is 0 Å². The fourth-order valence-electron chi connectivity index (χ4n) is 7.28. The zero-order valence-electron chi connectivity index (χ0n) is 27.0. The molecule has 10 aromatic rings. The molecule has 0 aliphatic heterocycles. The maximum Gasteiger partial charge on any atom is 0.166 e. The number of rotatable bonds is 5. The summed E-state index contributed by atoms with van der Waals surface area (Å²) >= 11 is 0. The van der Waals surface area contributed by atoms with Crippen LogP contribution >= 0.6 is 0 Å². The van der Waals surface area contributed by atoms with E-state index in [0.29, 0.717) is 17.5 Å². The summed E-state index contributed by atoms with van der Waals surface area (Å²) < 4.78 is 2.39. The van der Waals surface area contributed by atoms with Crippen LogP contribution in [0.25, 0.3) is 94.6 Å². The van der Waals surface area contributed by atoms with Gasteiger partial charge >= 0.3 is 0 Å². The molecular formula is C45H29N5. The predicted octanol–water partition coefficient (Wildman–Crippen LogP) is 11.3. The number of para-hydroxylation sites is 3. The molecule has 0 saturated carbocycles. The Morgan fingerprint density at radius 3 is 1.72 bits per heavy atom.